The summed E-state index contributed by atoms with van der Waals surface area (Å²) < 4.78 is 30.4. The molecular formula is C16H17F2N5O4S. The first-order valence-electron chi connectivity index (χ1n) is 7.84. The van der Waals surface area contributed by atoms with Crippen LogP contribution in [-0.4, -0.2) is 38.3 Å². The van der Waals surface area contributed by atoms with Crippen LogP contribution in [0.25, 0.3) is 0 Å². The first kappa shape index (κ1) is 21.3. The van der Waals surface area contributed by atoms with Crippen molar-refractivity contribution >= 4 is 23.4 Å². The number of aryl methyl sites for hydroxylation is 1. The molecule has 0 fully saturated rings. The summed E-state index contributed by atoms with van der Waals surface area (Å²) in [5.74, 6) is -0.615. The summed E-state index contributed by atoms with van der Waals surface area (Å²) in [6.07, 6.45) is 0. The summed E-state index contributed by atoms with van der Waals surface area (Å²) in [4.78, 5) is 35.5. The van der Waals surface area contributed by atoms with Crippen LogP contribution < -0.4 is 21.4 Å². The van der Waals surface area contributed by atoms with E-state index < -0.39 is 23.8 Å². The molecule has 0 saturated heterocycles. The minimum absolute atomic E-state index is 0.00932. The molecule has 1 aromatic carbocycles. The highest BCUT2D eigenvalue weighted by molar-refractivity contribution is 7.99. The van der Waals surface area contributed by atoms with Crippen molar-refractivity contribution in [1.29, 1.82) is 0 Å². The number of carbonyl (C=O) groups is 1. The third-order valence-corrected chi connectivity index (χ3v) is 4.41. The zero-order valence-corrected chi connectivity index (χ0v) is 16.0. The van der Waals surface area contributed by atoms with Gasteiger partial charge in [0.1, 0.15) is 5.75 Å². The third kappa shape index (κ3) is 5.49. The Morgan fingerprint density at radius 3 is 2.54 bits per heavy atom. The number of hydrogen-bond acceptors (Lipinski definition) is 7. The van der Waals surface area contributed by atoms with Crippen molar-refractivity contribution in [3.8, 4) is 5.75 Å². The molecular weight excluding hydrogens is 396 g/mol. The molecule has 9 nitrogen and oxygen atoms in total. The average molecular weight is 413 g/mol. The van der Waals surface area contributed by atoms with Crippen molar-refractivity contribution in [2.24, 2.45) is 19.2 Å². The second-order valence-electron chi connectivity index (χ2n) is 5.50. The van der Waals surface area contributed by atoms with Crippen molar-refractivity contribution in [3.63, 3.8) is 0 Å². The van der Waals surface area contributed by atoms with Crippen molar-refractivity contribution in [2.45, 2.75) is 18.6 Å². The van der Waals surface area contributed by atoms with Crippen molar-refractivity contribution in [2.75, 3.05) is 5.75 Å². The van der Waals surface area contributed by atoms with E-state index in [2.05, 4.69) is 20.4 Å². The van der Waals surface area contributed by atoms with Gasteiger partial charge in [-0.25, -0.2) is 14.9 Å². The van der Waals surface area contributed by atoms with Crippen LogP contribution in [0, 0.1) is 0 Å². The lowest BCUT2D eigenvalue weighted by atomic mass is 10.1. The number of carbonyl (C=O) groups excluding carboxylic acids is 1. The minimum atomic E-state index is -2.91. The highest BCUT2D eigenvalue weighted by atomic mass is 32.2. The molecule has 0 radical (unpaired) electrons. The largest absolute Gasteiger partial charge is 0.435 e. The summed E-state index contributed by atoms with van der Waals surface area (Å²) in [5, 5.41) is 7.76. The number of halogens is 2. The van der Waals surface area contributed by atoms with E-state index >= 15 is 0 Å². The molecule has 0 bridgehead atoms. The fraction of sp³-hybridized carbons (Fsp3) is 0.312. The number of hydrazone groups is 1. The first-order chi connectivity index (χ1) is 13.2. The van der Waals surface area contributed by atoms with Crippen LogP contribution in [0.5, 0.6) is 5.75 Å². The highest BCUT2D eigenvalue weighted by Gasteiger charge is 2.11. The number of benzene rings is 1. The van der Waals surface area contributed by atoms with Crippen LogP contribution >= 0.6 is 11.8 Å². The standard InChI is InChI=1S/C16H17F2N5O4S/c1-9(10-4-6-11(7-5-10)27-15(17)18)19-20-12(24)8-28-13-14(25)22(2)16(26)23(3)21-13/h4-7,15H,8H2,1-3H3,(H,20,24)/b19-9-. The van der Waals surface area contributed by atoms with Gasteiger partial charge >= 0.3 is 12.3 Å². The lowest BCUT2D eigenvalue weighted by Crippen LogP contribution is -2.39. The van der Waals surface area contributed by atoms with E-state index in [1.807, 2.05) is 0 Å². The molecule has 0 unspecified atom stereocenters. The molecule has 0 spiro atoms. The number of alkyl halides is 2. The highest BCUT2D eigenvalue weighted by Crippen LogP contribution is 2.15. The SMILES string of the molecule is C/C(=N/NC(=O)CSc1nn(C)c(=O)n(C)c1=O)c1ccc(OC(F)F)cc1. The summed E-state index contributed by atoms with van der Waals surface area (Å²) in [6, 6.07) is 5.77. The Labute approximate surface area is 162 Å². The van der Waals surface area contributed by atoms with E-state index in [0.29, 0.717) is 11.3 Å². The molecule has 1 aromatic heterocycles. The van der Waals surface area contributed by atoms with Crippen LogP contribution in [-0.2, 0) is 18.9 Å². The minimum Gasteiger partial charge on any atom is -0.435 e. The zero-order valence-electron chi connectivity index (χ0n) is 15.2. The van der Waals surface area contributed by atoms with Gasteiger partial charge < -0.3 is 4.74 Å². The van der Waals surface area contributed by atoms with E-state index in [4.69, 9.17) is 0 Å². The normalized spacial score (nSPS) is 11.6. The monoisotopic (exact) mass is 413 g/mol. The van der Waals surface area contributed by atoms with Crippen LogP contribution in [0.3, 0.4) is 0 Å². The fourth-order valence-electron chi connectivity index (χ4n) is 2.01. The van der Waals surface area contributed by atoms with Gasteiger partial charge in [-0.1, -0.05) is 11.8 Å². The Morgan fingerprint density at radius 2 is 1.93 bits per heavy atom. The van der Waals surface area contributed by atoms with Crippen molar-refractivity contribution < 1.29 is 18.3 Å². The van der Waals surface area contributed by atoms with Gasteiger partial charge in [0.05, 0.1) is 11.5 Å². The number of rotatable bonds is 7. The van der Waals surface area contributed by atoms with Crippen LogP contribution in [0.2, 0.25) is 0 Å². The van der Waals surface area contributed by atoms with E-state index in [0.717, 1.165) is 21.0 Å². The second-order valence-corrected chi connectivity index (χ2v) is 6.46. The topological polar surface area (TPSA) is 108 Å². The molecule has 2 aromatic rings. The summed E-state index contributed by atoms with van der Waals surface area (Å²) in [6.45, 7) is -1.28. The molecule has 0 aliphatic heterocycles. The predicted octanol–water partition coefficient (Wildman–Crippen LogP) is 0.713. The maximum Gasteiger partial charge on any atom is 0.387 e. The Bertz CT molecular complexity index is 1000. The van der Waals surface area contributed by atoms with Crippen LogP contribution in [0.15, 0.2) is 44.0 Å². The number of amides is 1. The summed E-state index contributed by atoms with van der Waals surface area (Å²) in [5.41, 5.74) is 2.22. The average Bonchev–Trinajstić information content (AvgIpc) is 2.66. The number of thioether (sulfide) groups is 1. The van der Waals surface area contributed by atoms with E-state index in [-0.39, 0.29) is 16.5 Å². The van der Waals surface area contributed by atoms with Crippen LogP contribution in [0.4, 0.5) is 8.78 Å². The molecule has 2 rings (SSSR count). The van der Waals surface area contributed by atoms with Crippen molar-refractivity contribution in [1.82, 2.24) is 19.8 Å². The predicted molar refractivity (Wildman–Crippen MR) is 98.9 cm³/mol. The van der Waals surface area contributed by atoms with Gasteiger partial charge in [0, 0.05) is 14.1 Å². The van der Waals surface area contributed by atoms with Gasteiger partial charge in [0.25, 0.3) is 5.56 Å². The number of nitrogens with zero attached hydrogens (tertiary/aromatic N) is 4. The molecule has 1 heterocycles. The molecule has 0 saturated carbocycles. The van der Waals surface area contributed by atoms with Gasteiger partial charge in [-0.05, 0) is 36.8 Å². The second kappa shape index (κ2) is 9.26. The Morgan fingerprint density at radius 1 is 1.29 bits per heavy atom. The van der Waals surface area contributed by atoms with Gasteiger partial charge in [-0.3, -0.25) is 14.2 Å². The molecule has 150 valence electrons. The van der Waals surface area contributed by atoms with Crippen molar-refractivity contribution in [3.05, 3.63) is 50.7 Å². The van der Waals surface area contributed by atoms with Gasteiger partial charge in [0.2, 0.25) is 5.91 Å². The smallest absolute Gasteiger partial charge is 0.387 e. The number of ether oxygens (including phenoxy) is 1. The molecule has 0 aliphatic carbocycles. The fourth-order valence-corrected chi connectivity index (χ4v) is 2.79. The number of nitrogens with one attached hydrogen (secondary N) is 1. The lowest BCUT2D eigenvalue weighted by molar-refractivity contribution is -0.118. The number of hydrogen-bond donors (Lipinski definition) is 1. The molecule has 0 aliphatic rings. The summed E-state index contributed by atoms with van der Waals surface area (Å²) in [7, 11) is 2.72. The van der Waals surface area contributed by atoms with Gasteiger partial charge in [0.15, 0.2) is 5.03 Å². The molecule has 1 amide bonds. The maximum atomic E-state index is 12.1. The number of aromatic nitrogens is 3. The Hall–Kier alpha value is -3.02. The van der Waals surface area contributed by atoms with Crippen LogP contribution in [0.1, 0.15) is 12.5 Å². The van der Waals surface area contributed by atoms with E-state index in [1.165, 1.54) is 38.4 Å². The van der Waals surface area contributed by atoms with Gasteiger partial charge in [-0.2, -0.15) is 19.0 Å². The molecule has 0 atom stereocenters. The molecule has 1 N–H and O–H groups in total. The third-order valence-electron chi connectivity index (χ3n) is 3.48. The maximum absolute atomic E-state index is 12.1. The first-order valence-corrected chi connectivity index (χ1v) is 8.83. The lowest BCUT2D eigenvalue weighted by Gasteiger charge is -2.06. The summed E-state index contributed by atoms with van der Waals surface area (Å²) >= 11 is 0.874. The quantitative estimate of drug-likeness (QED) is 0.407. The Kier molecular flexibility index (Phi) is 7.04. The van der Waals surface area contributed by atoms with E-state index in [9.17, 15) is 23.2 Å². The zero-order chi connectivity index (χ0) is 20.8. The van der Waals surface area contributed by atoms with E-state index in [1.54, 1.807) is 6.92 Å². The van der Waals surface area contributed by atoms with Gasteiger partial charge in [-0.15, -0.1) is 0 Å². The Balaban J connectivity index is 1.96. The molecule has 28 heavy (non-hydrogen) atoms. The molecule has 12 heteroatoms.